The van der Waals surface area contributed by atoms with Gasteiger partial charge in [0.2, 0.25) is 0 Å². The first-order valence-electron chi connectivity index (χ1n) is 11.0. The molecule has 1 aromatic heterocycles. The number of benzene rings is 2. The molecule has 2 aromatic carbocycles. The van der Waals surface area contributed by atoms with Gasteiger partial charge in [-0.05, 0) is 56.7 Å². The van der Waals surface area contributed by atoms with Crippen molar-refractivity contribution in [3.8, 4) is 5.75 Å². The summed E-state index contributed by atoms with van der Waals surface area (Å²) in [6.45, 7) is 11.2. The molecule has 8 heteroatoms. The zero-order valence-corrected chi connectivity index (χ0v) is 20.3. The molecule has 0 atom stereocenters. The third-order valence-corrected chi connectivity index (χ3v) is 7.11. The van der Waals surface area contributed by atoms with Crippen LogP contribution in [0.4, 0.5) is 5.13 Å². The molecule has 1 amide bonds. The molecule has 1 N–H and O–H groups in total. The predicted molar refractivity (Wildman–Crippen MR) is 133 cm³/mol. The molecule has 0 aliphatic carbocycles. The van der Waals surface area contributed by atoms with Gasteiger partial charge < -0.3 is 15.0 Å². The van der Waals surface area contributed by atoms with Crippen molar-refractivity contribution in [3.05, 3.63) is 52.5 Å². The van der Waals surface area contributed by atoms with Crippen LogP contribution in [0.15, 0.2) is 36.4 Å². The zero-order chi connectivity index (χ0) is 22.7. The number of aryl methyl sites for hydroxylation is 1. The average molecular weight is 473 g/mol. The third-order valence-electron chi connectivity index (χ3n) is 5.53. The van der Waals surface area contributed by atoms with Crippen molar-refractivity contribution in [1.82, 2.24) is 15.2 Å². The number of amides is 1. The minimum atomic E-state index is -0.0542. The fourth-order valence-corrected chi connectivity index (χ4v) is 5.14. The van der Waals surface area contributed by atoms with Crippen LogP contribution in [0.1, 0.15) is 29.8 Å². The summed E-state index contributed by atoms with van der Waals surface area (Å²) in [7, 11) is 0. The molecule has 6 nitrogen and oxygen atoms in total. The van der Waals surface area contributed by atoms with E-state index in [0.29, 0.717) is 12.1 Å². The lowest BCUT2D eigenvalue weighted by Crippen LogP contribution is -2.48. The Balaban J connectivity index is 1.24. The SMILES string of the molecule is Cc1ccc(Cl)c2sc(N3CCN(CCNC(=O)c4ccc(OC(C)C)cc4)CC3)nc12. The molecule has 0 saturated carbocycles. The standard InChI is InChI=1S/C24H29ClN4O2S/c1-16(2)31-19-7-5-18(6-8-19)23(30)26-10-11-28-12-14-29(15-13-28)24-27-21-17(3)4-9-20(25)22(21)32-24/h4-9,16H,10-15H2,1-3H3,(H,26,30). The van der Waals surface area contributed by atoms with Gasteiger partial charge in [0, 0.05) is 44.8 Å². The van der Waals surface area contributed by atoms with Crippen LogP contribution in [-0.2, 0) is 0 Å². The smallest absolute Gasteiger partial charge is 0.251 e. The first kappa shape index (κ1) is 22.8. The van der Waals surface area contributed by atoms with E-state index in [4.69, 9.17) is 21.3 Å². The molecule has 0 spiro atoms. The number of ether oxygens (including phenoxy) is 1. The van der Waals surface area contributed by atoms with E-state index >= 15 is 0 Å². The van der Waals surface area contributed by atoms with E-state index in [1.807, 2.05) is 38.1 Å². The molecular formula is C24H29ClN4O2S. The van der Waals surface area contributed by atoms with Crippen molar-refractivity contribution in [2.75, 3.05) is 44.2 Å². The lowest BCUT2D eigenvalue weighted by atomic mass is 10.2. The Kier molecular flexibility index (Phi) is 7.18. The molecule has 4 rings (SSSR count). The number of thiazole rings is 1. The summed E-state index contributed by atoms with van der Waals surface area (Å²) in [6, 6.07) is 11.3. The zero-order valence-electron chi connectivity index (χ0n) is 18.7. The maximum atomic E-state index is 12.4. The number of anilines is 1. The van der Waals surface area contributed by atoms with Gasteiger partial charge in [-0.3, -0.25) is 9.69 Å². The van der Waals surface area contributed by atoms with Gasteiger partial charge in [-0.2, -0.15) is 0 Å². The molecule has 0 radical (unpaired) electrons. The maximum absolute atomic E-state index is 12.4. The molecule has 0 bridgehead atoms. The molecule has 1 aliphatic rings. The molecule has 0 unspecified atom stereocenters. The van der Waals surface area contributed by atoms with Crippen LogP contribution < -0.4 is 15.0 Å². The van der Waals surface area contributed by atoms with E-state index in [1.165, 1.54) is 0 Å². The molecule has 1 fully saturated rings. The summed E-state index contributed by atoms with van der Waals surface area (Å²) in [6.07, 6.45) is 0.117. The van der Waals surface area contributed by atoms with Crippen molar-refractivity contribution in [3.63, 3.8) is 0 Å². The molecule has 1 saturated heterocycles. The Morgan fingerprint density at radius 3 is 2.53 bits per heavy atom. The van der Waals surface area contributed by atoms with Crippen LogP contribution in [0.2, 0.25) is 5.02 Å². The summed E-state index contributed by atoms with van der Waals surface area (Å²) >= 11 is 8.03. The number of rotatable bonds is 7. The van der Waals surface area contributed by atoms with E-state index in [9.17, 15) is 4.79 Å². The minimum Gasteiger partial charge on any atom is -0.491 e. The summed E-state index contributed by atoms with van der Waals surface area (Å²) in [5, 5.41) is 4.83. The Morgan fingerprint density at radius 2 is 1.88 bits per heavy atom. The van der Waals surface area contributed by atoms with Gasteiger partial charge in [0.15, 0.2) is 5.13 Å². The number of nitrogens with one attached hydrogen (secondary N) is 1. The van der Waals surface area contributed by atoms with Crippen LogP contribution in [0.3, 0.4) is 0 Å². The number of halogens is 1. The average Bonchev–Trinajstić information content (AvgIpc) is 3.24. The second kappa shape index (κ2) is 10.1. The lowest BCUT2D eigenvalue weighted by molar-refractivity contribution is 0.0947. The quantitative estimate of drug-likeness (QED) is 0.544. The van der Waals surface area contributed by atoms with Crippen molar-refractivity contribution >= 4 is 44.2 Å². The van der Waals surface area contributed by atoms with Gasteiger partial charge in [0.25, 0.3) is 5.91 Å². The highest BCUT2D eigenvalue weighted by molar-refractivity contribution is 7.22. The van der Waals surface area contributed by atoms with Crippen molar-refractivity contribution in [2.24, 2.45) is 0 Å². The van der Waals surface area contributed by atoms with Crippen LogP contribution in [0, 0.1) is 6.92 Å². The Labute approximate surface area is 198 Å². The van der Waals surface area contributed by atoms with Gasteiger partial charge in [-0.1, -0.05) is 29.0 Å². The van der Waals surface area contributed by atoms with Crippen molar-refractivity contribution in [1.29, 1.82) is 0 Å². The van der Waals surface area contributed by atoms with E-state index in [1.54, 1.807) is 23.5 Å². The number of carbonyl (C=O) groups excluding carboxylic acids is 1. The monoisotopic (exact) mass is 472 g/mol. The van der Waals surface area contributed by atoms with Crippen LogP contribution in [0.25, 0.3) is 10.2 Å². The number of nitrogens with zero attached hydrogens (tertiary/aromatic N) is 3. The summed E-state index contributed by atoms with van der Waals surface area (Å²) in [5.41, 5.74) is 2.81. The predicted octanol–water partition coefficient (Wildman–Crippen LogP) is 4.60. The third kappa shape index (κ3) is 5.34. The minimum absolute atomic E-state index is 0.0542. The summed E-state index contributed by atoms with van der Waals surface area (Å²) in [4.78, 5) is 21.9. The van der Waals surface area contributed by atoms with E-state index < -0.39 is 0 Å². The summed E-state index contributed by atoms with van der Waals surface area (Å²) < 4.78 is 6.69. The van der Waals surface area contributed by atoms with Crippen LogP contribution in [0.5, 0.6) is 5.75 Å². The number of hydrogen-bond donors (Lipinski definition) is 1. The van der Waals surface area contributed by atoms with E-state index in [-0.39, 0.29) is 12.0 Å². The Hall–Kier alpha value is -2.35. The number of piperazine rings is 1. The Bertz CT molecular complexity index is 1040. The fourth-order valence-electron chi connectivity index (χ4n) is 3.78. The molecular weight excluding hydrogens is 444 g/mol. The topological polar surface area (TPSA) is 57.7 Å². The normalized spacial score (nSPS) is 14.8. The van der Waals surface area contributed by atoms with Gasteiger partial charge in [-0.15, -0.1) is 0 Å². The lowest BCUT2D eigenvalue weighted by Gasteiger charge is -2.34. The van der Waals surface area contributed by atoms with E-state index in [0.717, 1.165) is 64.4 Å². The number of carbonyl (C=O) groups is 1. The molecule has 170 valence electrons. The first-order chi connectivity index (χ1) is 15.4. The van der Waals surface area contributed by atoms with Crippen molar-refractivity contribution in [2.45, 2.75) is 26.9 Å². The first-order valence-corrected chi connectivity index (χ1v) is 12.2. The van der Waals surface area contributed by atoms with E-state index in [2.05, 4.69) is 22.0 Å². The van der Waals surface area contributed by atoms with Gasteiger partial charge in [-0.25, -0.2) is 4.98 Å². The van der Waals surface area contributed by atoms with Crippen LogP contribution in [-0.4, -0.2) is 61.2 Å². The number of hydrogen-bond acceptors (Lipinski definition) is 6. The van der Waals surface area contributed by atoms with Gasteiger partial charge >= 0.3 is 0 Å². The van der Waals surface area contributed by atoms with Crippen molar-refractivity contribution < 1.29 is 9.53 Å². The van der Waals surface area contributed by atoms with Crippen LogP contribution >= 0.6 is 22.9 Å². The molecule has 32 heavy (non-hydrogen) atoms. The second-order valence-electron chi connectivity index (χ2n) is 8.31. The number of aromatic nitrogens is 1. The highest BCUT2D eigenvalue weighted by Crippen LogP contribution is 2.35. The number of fused-ring (bicyclic) bond motifs is 1. The molecule has 2 heterocycles. The van der Waals surface area contributed by atoms with Gasteiger partial charge in [0.05, 0.1) is 21.3 Å². The summed E-state index contributed by atoms with van der Waals surface area (Å²) in [5.74, 6) is 0.724. The Morgan fingerprint density at radius 1 is 1.16 bits per heavy atom. The second-order valence-corrected chi connectivity index (χ2v) is 9.70. The largest absolute Gasteiger partial charge is 0.491 e. The molecule has 3 aromatic rings. The van der Waals surface area contributed by atoms with Gasteiger partial charge in [0.1, 0.15) is 5.75 Å². The maximum Gasteiger partial charge on any atom is 0.251 e. The highest BCUT2D eigenvalue weighted by Gasteiger charge is 2.21. The fraction of sp³-hybridized carbons (Fsp3) is 0.417. The molecule has 1 aliphatic heterocycles. The highest BCUT2D eigenvalue weighted by atomic mass is 35.5.